The predicted octanol–water partition coefficient (Wildman–Crippen LogP) is 2.29. The Morgan fingerprint density at radius 2 is 2.00 bits per heavy atom. The third kappa shape index (κ3) is 3.00. The number of alkyl halides is 3. The molecule has 0 amide bonds. The van der Waals surface area contributed by atoms with Crippen LogP contribution in [0.25, 0.3) is 0 Å². The van der Waals surface area contributed by atoms with Gasteiger partial charge in [-0.25, -0.2) is 0 Å². The molecule has 1 aromatic carbocycles. The van der Waals surface area contributed by atoms with Gasteiger partial charge < -0.3 is 10.5 Å². The highest BCUT2D eigenvalue weighted by atomic mass is 32.2. The van der Waals surface area contributed by atoms with Crippen LogP contribution in [0.1, 0.15) is 0 Å². The summed E-state index contributed by atoms with van der Waals surface area (Å²) in [5, 5.41) is 9.10. The Morgan fingerprint density at radius 3 is 2.50 bits per heavy atom. The first-order chi connectivity index (χ1) is 6.42. The summed E-state index contributed by atoms with van der Waals surface area (Å²) < 4.78 is 35.8. The van der Waals surface area contributed by atoms with E-state index in [0.717, 1.165) is 18.2 Å². The van der Waals surface area contributed by atoms with Crippen LogP contribution in [-0.4, -0.2) is 10.6 Å². The molecule has 0 spiro atoms. The molecule has 1 aromatic rings. The minimum absolute atomic E-state index is 0.0387. The Bertz CT molecular complexity index is 329. The predicted molar refractivity (Wildman–Crippen MR) is 47.8 cm³/mol. The maximum absolute atomic E-state index is 11.9. The maximum atomic E-state index is 11.9. The molecule has 3 nitrogen and oxygen atoms in total. The zero-order valence-electron chi connectivity index (χ0n) is 6.80. The molecule has 0 unspecified atom stereocenters. The van der Waals surface area contributed by atoms with Gasteiger partial charge in [0.05, 0.1) is 5.69 Å². The zero-order chi connectivity index (χ0) is 10.8. The number of halogens is 3. The second-order valence-electron chi connectivity index (χ2n) is 2.37. The highest BCUT2D eigenvalue weighted by Gasteiger charge is 2.29. The van der Waals surface area contributed by atoms with Gasteiger partial charge in [0, 0.05) is 4.90 Å². The summed E-state index contributed by atoms with van der Waals surface area (Å²) in [4.78, 5) is -0.0387. The first-order valence-electron chi connectivity index (χ1n) is 3.48. The molecule has 1 rings (SSSR count). The fraction of sp³-hybridized carbons (Fsp3) is 0.143. The Balaban J connectivity index is 2.90. The summed E-state index contributed by atoms with van der Waals surface area (Å²) in [6.07, 6.45) is 0. The number of phenolic OH excluding ortho intramolecular Hbond substituents is 1. The lowest BCUT2D eigenvalue weighted by Crippen LogP contribution is -2.07. The van der Waals surface area contributed by atoms with E-state index in [2.05, 4.69) is 5.43 Å². The normalized spacial score (nSPS) is 11.4. The number of anilines is 1. The van der Waals surface area contributed by atoms with Crippen molar-refractivity contribution in [2.45, 2.75) is 10.4 Å². The molecule has 0 bridgehead atoms. The van der Waals surface area contributed by atoms with Crippen LogP contribution in [0.15, 0.2) is 23.1 Å². The Hall–Kier alpha value is -1.08. The molecule has 14 heavy (non-hydrogen) atoms. The molecule has 0 aliphatic carbocycles. The summed E-state index contributed by atoms with van der Waals surface area (Å²) in [6, 6.07) is 3.42. The van der Waals surface area contributed by atoms with Gasteiger partial charge in [-0.15, -0.1) is 0 Å². The number of benzene rings is 1. The van der Waals surface area contributed by atoms with Crippen molar-refractivity contribution >= 4 is 17.4 Å². The van der Waals surface area contributed by atoms with Crippen molar-refractivity contribution in [3.05, 3.63) is 18.2 Å². The first kappa shape index (κ1) is 11.0. The van der Waals surface area contributed by atoms with Crippen LogP contribution in [0, 0.1) is 0 Å². The van der Waals surface area contributed by atoms with Gasteiger partial charge in [0.1, 0.15) is 5.75 Å². The summed E-state index contributed by atoms with van der Waals surface area (Å²) >= 11 is -0.268. The van der Waals surface area contributed by atoms with Crippen molar-refractivity contribution in [3.8, 4) is 5.75 Å². The molecule has 0 aliphatic rings. The van der Waals surface area contributed by atoms with Gasteiger partial charge in [0.2, 0.25) is 0 Å². The van der Waals surface area contributed by atoms with E-state index < -0.39 is 5.51 Å². The number of nitrogen functional groups attached to an aromatic ring is 1. The average molecular weight is 224 g/mol. The zero-order valence-corrected chi connectivity index (χ0v) is 7.62. The summed E-state index contributed by atoms with van der Waals surface area (Å²) in [5.41, 5.74) is -2.20. The minimum atomic E-state index is -4.34. The van der Waals surface area contributed by atoms with Gasteiger partial charge in [-0.1, -0.05) is 0 Å². The Kier molecular flexibility index (Phi) is 3.12. The largest absolute Gasteiger partial charge is 0.506 e. The van der Waals surface area contributed by atoms with E-state index in [1.54, 1.807) is 0 Å². The molecule has 0 saturated heterocycles. The maximum Gasteiger partial charge on any atom is 0.446 e. The smallest absolute Gasteiger partial charge is 0.446 e. The van der Waals surface area contributed by atoms with E-state index in [4.69, 9.17) is 10.9 Å². The third-order valence-corrected chi connectivity index (χ3v) is 2.08. The fourth-order valence-corrected chi connectivity index (χ4v) is 1.41. The molecule has 0 heterocycles. The van der Waals surface area contributed by atoms with Crippen molar-refractivity contribution in [1.29, 1.82) is 0 Å². The average Bonchev–Trinajstić information content (AvgIpc) is 2.06. The second-order valence-corrected chi connectivity index (χ2v) is 3.51. The third-order valence-electron chi connectivity index (χ3n) is 1.36. The van der Waals surface area contributed by atoms with E-state index in [0.29, 0.717) is 0 Å². The van der Waals surface area contributed by atoms with Crippen molar-refractivity contribution < 1.29 is 18.3 Å². The number of hydrogen-bond acceptors (Lipinski definition) is 4. The number of aromatic hydroxyl groups is 1. The fourth-order valence-electron chi connectivity index (χ4n) is 0.828. The molecule has 0 saturated carbocycles. The standard InChI is InChI=1S/C7H7F3N2OS/c8-7(9,10)14-4-1-2-6(13)5(3-4)12-11/h1-3,12-13H,11H2. The molecule has 0 atom stereocenters. The minimum Gasteiger partial charge on any atom is -0.506 e. The SMILES string of the molecule is NNc1cc(SC(F)(F)F)ccc1O. The molecule has 0 fully saturated rings. The number of thioether (sulfide) groups is 1. The number of phenols is 1. The van der Waals surface area contributed by atoms with Gasteiger partial charge in [-0.3, -0.25) is 5.84 Å². The van der Waals surface area contributed by atoms with Crippen LogP contribution in [0.4, 0.5) is 18.9 Å². The van der Waals surface area contributed by atoms with E-state index in [-0.39, 0.29) is 28.1 Å². The molecule has 0 aromatic heterocycles. The summed E-state index contributed by atoms with van der Waals surface area (Å²) in [5.74, 6) is 4.79. The Labute approximate surface area is 82.1 Å². The van der Waals surface area contributed by atoms with Crippen molar-refractivity contribution in [3.63, 3.8) is 0 Å². The van der Waals surface area contributed by atoms with Gasteiger partial charge in [-0.05, 0) is 30.0 Å². The van der Waals surface area contributed by atoms with Crippen molar-refractivity contribution in [2.75, 3.05) is 5.43 Å². The molecular weight excluding hydrogens is 217 g/mol. The van der Waals surface area contributed by atoms with Crippen LogP contribution in [0.2, 0.25) is 0 Å². The number of rotatable bonds is 2. The van der Waals surface area contributed by atoms with E-state index in [1.165, 1.54) is 0 Å². The molecule has 0 radical (unpaired) electrons. The number of nitrogens with one attached hydrogen (secondary N) is 1. The molecule has 7 heteroatoms. The highest BCUT2D eigenvalue weighted by Crippen LogP contribution is 2.39. The number of nitrogens with two attached hydrogens (primary N) is 1. The lowest BCUT2D eigenvalue weighted by molar-refractivity contribution is -0.0328. The molecule has 4 N–H and O–H groups in total. The van der Waals surface area contributed by atoms with Crippen LogP contribution in [-0.2, 0) is 0 Å². The molecular formula is C7H7F3N2OS. The highest BCUT2D eigenvalue weighted by molar-refractivity contribution is 8.00. The van der Waals surface area contributed by atoms with Gasteiger partial charge in [0.25, 0.3) is 0 Å². The summed E-state index contributed by atoms with van der Waals surface area (Å²) in [6.45, 7) is 0. The lowest BCUT2D eigenvalue weighted by atomic mass is 10.3. The monoisotopic (exact) mass is 224 g/mol. The van der Waals surface area contributed by atoms with Crippen LogP contribution < -0.4 is 11.3 Å². The van der Waals surface area contributed by atoms with Crippen LogP contribution in [0.3, 0.4) is 0 Å². The second kappa shape index (κ2) is 3.97. The van der Waals surface area contributed by atoms with Crippen molar-refractivity contribution in [1.82, 2.24) is 0 Å². The number of hydrazine groups is 1. The van der Waals surface area contributed by atoms with Gasteiger partial charge in [0.15, 0.2) is 0 Å². The van der Waals surface area contributed by atoms with Crippen LogP contribution >= 0.6 is 11.8 Å². The van der Waals surface area contributed by atoms with Crippen LogP contribution in [0.5, 0.6) is 5.75 Å². The van der Waals surface area contributed by atoms with E-state index in [9.17, 15) is 13.2 Å². The van der Waals surface area contributed by atoms with Gasteiger partial charge in [-0.2, -0.15) is 13.2 Å². The van der Waals surface area contributed by atoms with Gasteiger partial charge >= 0.3 is 5.51 Å². The molecule has 0 aliphatic heterocycles. The lowest BCUT2D eigenvalue weighted by Gasteiger charge is -2.08. The number of hydrogen-bond donors (Lipinski definition) is 3. The Morgan fingerprint density at radius 1 is 1.36 bits per heavy atom. The first-order valence-corrected chi connectivity index (χ1v) is 4.29. The summed E-state index contributed by atoms with van der Waals surface area (Å²) in [7, 11) is 0. The van der Waals surface area contributed by atoms with E-state index >= 15 is 0 Å². The quantitative estimate of drug-likeness (QED) is 0.312. The topological polar surface area (TPSA) is 58.3 Å². The molecule has 78 valence electrons. The van der Waals surface area contributed by atoms with Crippen molar-refractivity contribution in [2.24, 2.45) is 5.84 Å². The van der Waals surface area contributed by atoms with E-state index in [1.807, 2.05) is 0 Å².